The lowest BCUT2D eigenvalue weighted by Crippen LogP contribution is -2.24. The van der Waals surface area contributed by atoms with Gasteiger partial charge in [0.25, 0.3) is 11.6 Å². The Bertz CT molecular complexity index is 1060. The zero-order valence-corrected chi connectivity index (χ0v) is 15.8. The third-order valence-electron chi connectivity index (χ3n) is 3.33. The molecule has 1 amide bonds. The highest BCUT2D eigenvalue weighted by Gasteiger charge is 2.23. The van der Waals surface area contributed by atoms with Crippen molar-refractivity contribution in [3.05, 3.63) is 66.2 Å². The number of carbonyl (C=O) groups excluding carboxylic acids is 1. The molecule has 0 atom stereocenters. The highest BCUT2D eigenvalue weighted by molar-refractivity contribution is 9.10. The molecule has 148 valence electrons. The lowest BCUT2D eigenvalue weighted by molar-refractivity contribution is -0.394. The first kappa shape index (κ1) is 21.3. The molecule has 0 radical (unpaired) electrons. The molecule has 2 N–H and O–H groups in total. The Labute approximate surface area is 170 Å². The van der Waals surface area contributed by atoms with Crippen molar-refractivity contribution in [3.8, 4) is 17.6 Å². The molecule has 0 unspecified atom stereocenters. The van der Waals surface area contributed by atoms with Crippen molar-refractivity contribution < 1.29 is 24.5 Å². The molecule has 29 heavy (non-hydrogen) atoms. The van der Waals surface area contributed by atoms with Gasteiger partial charge >= 0.3 is 5.69 Å². The Kier molecular flexibility index (Phi) is 6.77. The molecule has 0 spiro atoms. The molecule has 13 heteroatoms. The van der Waals surface area contributed by atoms with Crippen LogP contribution in [0.15, 0.2) is 39.9 Å². The Balaban J connectivity index is 2.08. The van der Waals surface area contributed by atoms with Gasteiger partial charge in [-0.25, -0.2) is 5.43 Å². The Hall–Kier alpha value is -4.05. The number of phenols is 1. The van der Waals surface area contributed by atoms with Gasteiger partial charge < -0.3 is 9.84 Å². The number of nitro groups is 2. The highest BCUT2D eigenvalue weighted by Crippen LogP contribution is 2.33. The number of hydrogen-bond acceptors (Lipinski definition) is 9. The van der Waals surface area contributed by atoms with Gasteiger partial charge in [-0.1, -0.05) is 15.9 Å². The fraction of sp³-hybridized carbons (Fsp3) is 0.0625. The van der Waals surface area contributed by atoms with E-state index in [0.717, 1.165) is 12.3 Å². The molecular weight excluding hydrogens is 454 g/mol. The molecule has 2 rings (SSSR count). The predicted molar refractivity (Wildman–Crippen MR) is 102 cm³/mol. The first-order chi connectivity index (χ1) is 13.7. The number of hydrazone groups is 1. The van der Waals surface area contributed by atoms with Crippen LogP contribution in [0.5, 0.6) is 11.5 Å². The summed E-state index contributed by atoms with van der Waals surface area (Å²) in [6, 6.07) is 7.97. The topological polar surface area (TPSA) is 181 Å². The first-order valence-electron chi connectivity index (χ1n) is 7.53. The first-order valence-corrected chi connectivity index (χ1v) is 8.32. The van der Waals surface area contributed by atoms with E-state index in [1.807, 2.05) is 11.5 Å². The second kappa shape index (κ2) is 9.24. The molecule has 2 aromatic rings. The molecule has 0 fully saturated rings. The van der Waals surface area contributed by atoms with E-state index in [9.17, 15) is 30.1 Å². The smallest absolute Gasteiger partial charge is 0.318 e. The molecule has 0 heterocycles. The molecule has 0 aliphatic heterocycles. The quantitative estimate of drug-likeness (QED) is 0.356. The van der Waals surface area contributed by atoms with Crippen LogP contribution in [0.1, 0.15) is 11.1 Å². The number of nitrogens with one attached hydrogen (secondary N) is 1. The van der Waals surface area contributed by atoms with E-state index in [0.29, 0.717) is 10.5 Å². The van der Waals surface area contributed by atoms with Gasteiger partial charge in [0, 0.05) is 10.5 Å². The van der Waals surface area contributed by atoms with Crippen molar-refractivity contribution >= 4 is 39.4 Å². The fourth-order valence-corrected chi connectivity index (χ4v) is 2.39. The van der Waals surface area contributed by atoms with Crippen molar-refractivity contribution in [3.63, 3.8) is 0 Å². The van der Waals surface area contributed by atoms with Gasteiger partial charge in [-0.3, -0.25) is 25.0 Å². The van der Waals surface area contributed by atoms with Crippen LogP contribution >= 0.6 is 15.9 Å². The summed E-state index contributed by atoms with van der Waals surface area (Å²) in [5.41, 5.74) is 0.381. The van der Waals surface area contributed by atoms with E-state index in [4.69, 9.17) is 10.00 Å². The third kappa shape index (κ3) is 5.47. The van der Waals surface area contributed by atoms with Crippen LogP contribution in [0.2, 0.25) is 0 Å². The summed E-state index contributed by atoms with van der Waals surface area (Å²) in [6.45, 7) is -0.505. The summed E-state index contributed by atoms with van der Waals surface area (Å²) in [5.74, 6) is -1.42. The van der Waals surface area contributed by atoms with Gasteiger partial charge in [-0.15, -0.1) is 0 Å². The summed E-state index contributed by atoms with van der Waals surface area (Å²) in [5, 5.41) is 44.1. The van der Waals surface area contributed by atoms with Crippen LogP contribution in [0, 0.1) is 31.6 Å². The van der Waals surface area contributed by atoms with E-state index in [1.165, 1.54) is 12.1 Å². The maximum absolute atomic E-state index is 11.8. The largest absolute Gasteiger partial charge is 0.502 e. The number of aromatic hydroxyl groups is 1. The molecule has 0 aliphatic carbocycles. The second-order valence-electron chi connectivity index (χ2n) is 5.25. The Morgan fingerprint density at radius 3 is 2.66 bits per heavy atom. The molecule has 0 aliphatic rings. The zero-order chi connectivity index (χ0) is 21.6. The van der Waals surface area contributed by atoms with Crippen molar-refractivity contribution in [2.75, 3.05) is 6.61 Å². The van der Waals surface area contributed by atoms with Crippen molar-refractivity contribution in [2.45, 2.75) is 0 Å². The molecule has 0 bridgehead atoms. The predicted octanol–water partition coefficient (Wildman–Crippen LogP) is 2.37. The van der Waals surface area contributed by atoms with Gasteiger partial charge in [-0.05, 0) is 18.2 Å². The standard InChI is InChI=1S/C16H10BrN5O7/c17-11-1-2-14(9(3-11)6-18)29-8-15(23)20-19-7-10-4-12(21(25)26)5-13(16(10)24)22(27)28/h1-5,7,24H,8H2,(H,20,23)/b19-7-. The van der Waals surface area contributed by atoms with Gasteiger partial charge in [0.2, 0.25) is 5.75 Å². The molecular formula is C16H10BrN5O7. The van der Waals surface area contributed by atoms with Crippen molar-refractivity contribution in [1.82, 2.24) is 5.43 Å². The molecule has 12 nitrogen and oxygen atoms in total. The van der Waals surface area contributed by atoms with Crippen LogP contribution in [0.25, 0.3) is 0 Å². The normalized spacial score (nSPS) is 10.3. The Morgan fingerprint density at radius 1 is 1.31 bits per heavy atom. The number of benzene rings is 2. The summed E-state index contributed by atoms with van der Waals surface area (Å²) in [6.07, 6.45) is 0.813. The Morgan fingerprint density at radius 2 is 2.03 bits per heavy atom. The van der Waals surface area contributed by atoms with Crippen molar-refractivity contribution in [2.24, 2.45) is 5.10 Å². The fourth-order valence-electron chi connectivity index (χ4n) is 2.03. The van der Waals surface area contributed by atoms with Gasteiger partial charge in [0.05, 0.1) is 33.3 Å². The number of nitrogens with zero attached hydrogens (tertiary/aromatic N) is 4. The van der Waals surface area contributed by atoms with E-state index in [1.54, 1.807) is 6.07 Å². The number of phenolic OH excluding ortho intramolecular Hbond substituents is 1. The maximum atomic E-state index is 11.8. The number of carbonyl (C=O) groups is 1. The number of nitriles is 1. The monoisotopic (exact) mass is 463 g/mol. The summed E-state index contributed by atoms with van der Waals surface area (Å²) >= 11 is 3.20. The summed E-state index contributed by atoms with van der Waals surface area (Å²) < 4.78 is 5.87. The number of nitro benzene ring substituents is 2. The lowest BCUT2D eigenvalue weighted by atomic mass is 10.1. The minimum Gasteiger partial charge on any atom is -0.502 e. The molecule has 0 saturated carbocycles. The van der Waals surface area contributed by atoms with E-state index >= 15 is 0 Å². The highest BCUT2D eigenvalue weighted by atomic mass is 79.9. The third-order valence-corrected chi connectivity index (χ3v) is 3.82. The van der Waals surface area contributed by atoms with E-state index in [-0.39, 0.29) is 16.9 Å². The van der Waals surface area contributed by atoms with Crippen LogP contribution < -0.4 is 10.2 Å². The average molecular weight is 464 g/mol. The SMILES string of the molecule is N#Cc1cc(Br)ccc1OCC(=O)N/N=C\c1cc([N+](=O)[O-])cc([N+](=O)[O-])c1O. The minimum absolute atomic E-state index is 0.168. The zero-order valence-electron chi connectivity index (χ0n) is 14.2. The van der Waals surface area contributed by atoms with Crippen LogP contribution in [0.3, 0.4) is 0 Å². The molecule has 0 saturated heterocycles. The number of amides is 1. The van der Waals surface area contributed by atoms with E-state index < -0.39 is 39.5 Å². The summed E-state index contributed by atoms with van der Waals surface area (Å²) in [7, 11) is 0. The van der Waals surface area contributed by atoms with Crippen LogP contribution in [0.4, 0.5) is 11.4 Å². The number of non-ortho nitro benzene ring substituents is 1. The minimum atomic E-state index is -0.989. The van der Waals surface area contributed by atoms with Gasteiger partial charge in [0.15, 0.2) is 6.61 Å². The van der Waals surface area contributed by atoms with E-state index in [2.05, 4.69) is 21.0 Å². The molecule has 2 aromatic carbocycles. The summed E-state index contributed by atoms with van der Waals surface area (Å²) in [4.78, 5) is 31.7. The van der Waals surface area contributed by atoms with Crippen LogP contribution in [-0.2, 0) is 4.79 Å². The molecule has 0 aromatic heterocycles. The lowest BCUT2D eigenvalue weighted by Gasteiger charge is -2.07. The second-order valence-corrected chi connectivity index (χ2v) is 6.17. The van der Waals surface area contributed by atoms with Crippen molar-refractivity contribution in [1.29, 1.82) is 5.26 Å². The van der Waals surface area contributed by atoms with Gasteiger partial charge in [-0.2, -0.15) is 10.4 Å². The average Bonchev–Trinajstić information content (AvgIpc) is 2.67. The maximum Gasteiger partial charge on any atom is 0.318 e. The number of ether oxygens (including phenoxy) is 1. The number of rotatable bonds is 7. The number of hydrogen-bond donors (Lipinski definition) is 2. The van der Waals surface area contributed by atoms with Crippen LogP contribution in [-0.4, -0.2) is 33.7 Å². The van der Waals surface area contributed by atoms with Gasteiger partial charge in [0.1, 0.15) is 11.8 Å². The number of halogens is 1.